The fourth-order valence-electron chi connectivity index (χ4n) is 2.35. The summed E-state index contributed by atoms with van der Waals surface area (Å²) in [7, 11) is 0. The highest BCUT2D eigenvalue weighted by molar-refractivity contribution is 6.30. The third-order valence-corrected chi connectivity index (χ3v) is 3.40. The number of hydrogen-bond acceptors (Lipinski definition) is 2. The summed E-state index contributed by atoms with van der Waals surface area (Å²) < 4.78 is 0. The molecule has 3 N–H and O–H groups in total. The molecule has 0 aromatic heterocycles. The van der Waals surface area contributed by atoms with Crippen molar-refractivity contribution in [2.24, 2.45) is 0 Å². The van der Waals surface area contributed by atoms with E-state index in [1.54, 1.807) is 6.07 Å². The lowest BCUT2D eigenvalue weighted by atomic mass is 9.95. The van der Waals surface area contributed by atoms with Crippen molar-refractivity contribution in [1.82, 2.24) is 5.32 Å². The van der Waals surface area contributed by atoms with E-state index in [9.17, 15) is 0 Å². The maximum atomic E-state index is 5.96. The van der Waals surface area contributed by atoms with Crippen LogP contribution in [0, 0.1) is 0 Å². The predicted octanol–water partition coefficient (Wildman–Crippen LogP) is 3.34. The van der Waals surface area contributed by atoms with Crippen LogP contribution in [0.5, 0.6) is 0 Å². The van der Waals surface area contributed by atoms with E-state index in [-0.39, 0.29) is 0 Å². The van der Waals surface area contributed by atoms with Gasteiger partial charge in [-0.15, -0.1) is 0 Å². The molecule has 0 amide bonds. The van der Waals surface area contributed by atoms with Gasteiger partial charge in [-0.1, -0.05) is 30.9 Å². The summed E-state index contributed by atoms with van der Waals surface area (Å²) in [5, 5.41) is 4.30. The molecule has 1 saturated carbocycles. The molecule has 2 rings (SSSR count). The van der Waals surface area contributed by atoms with Gasteiger partial charge in [-0.25, -0.2) is 0 Å². The van der Waals surface area contributed by atoms with Crippen molar-refractivity contribution in [2.45, 2.75) is 44.7 Å². The molecule has 1 aromatic carbocycles. The SMILES string of the molecule is Nc1cc(Cl)cc(CNC2CCCCC2)c1. The number of nitrogens with two attached hydrogens (primary N) is 1. The number of anilines is 1. The van der Waals surface area contributed by atoms with Crippen molar-refractivity contribution in [3.05, 3.63) is 28.8 Å². The molecule has 1 aliphatic carbocycles. The summed E-state index contributed by atoms with van der Waals surface area (Å²) in [6.45, 7) is 0.870. The van der Waals surface area contributed by atoms with Crippen LogP contribution >= 0.6 is 11.6 Å². The minimum absolute atomic E-state index is 0.675. The average molecular weight is 239 g/mol. The zero-order chi connectivity index (χ0) is 11.4. The van der Waals surface area contributed by atoms with Gasteiger partial charge in [-0.2, -0.15) is 0 Å². The zero-order valence-electron chi connectivity index (χ0n) is 9.51. The van der Waals surface area contributed by atoms with E-state index in [0.717, 1.165) is 17.3 Å². The first-order chi connectivity index (χ1) is 7.74. The monoisotopic (exact) mass is 238 g/mol. The number of rotatable bonds is 3. The Bertz CT molecular complexity index is 326. The first-order valence-corrected chi connectivity index (χ1v) is 6.40. The summed E-state index contributed by atoms with van der Waals surface area (Å²) in [5.41, 5.74) is 7.68. The third-order valence-electron chi connectivity index (χ3n) is 3.18. The van der Waals surface area contributed by atoms with E-state index in [1.807, 2.05) is 12.1 Å². The van der Waals surface area contributed by atoms with E-state index < -0.39 is 0 Å². The lowest BCUT2D eigenvalue weighted by Crippen LogP contribution is -2.30. The molecule has 88 valence electrons. The lowest BCUT2D eigenvalue weighted by molar-refractivity contribution is 0.372. The number of nitrogen functional groups attached to an aromatic ring is 1. The van der Waals surface area contributed by atoms with Gasteiger partial charge in [0, 0.05) is 23.3 Å². The molecule has 0 unspecified atom stereocenters. The molecule has 16 heavy (non-hydrogen) atoms. The second-order valence-corrected chi connectivity index (χ2v) is 5.05. The molecule has 0 spiro atoms. The molecule has 1 aliphatic rings. The van der Waals surface area contributed by atoms with Gasteiger partial charge in [0.1, 0.15) is 0 Å². The molecule has 3 heteroatoms. The van der Waals surface area contributed by atoms with Gasteiger partial charge in [0.25, 0.3) is 0 Å². The first-order valence-electron chi connectivity index (χ1n) is 6.02. The molecule has 1 fully saturated rings. The quantitative estimate of drug-likeness (QED) is 0.793. The maximum Gasteiger partial charge on any atom is 0.0429 e. The second-order valence-electron chi connectivity index (χ2n) is 4.61. The van der Waals surface area contributed by atoms with Crippen LogP contribution in [0.15, 0.2) is 18.2 Å². The summed E-state index contributed by atoms with van der Waals surface area (Å²) in [6, 6.07) is 6.43. The third kappa shape index (κ3) is 3.39. The maximum absolute atomic E-state index is 5.96. The van der Waals surface area contributed by atoms with Crippen molar-refractivity contribution in [2.75, 3.05) is 5.73 Å². The largest absolute Gasteiger partial charge is 0.399 e. The van der Waals surface area contributed by atoms with Crippen molar-refractivity contribution in [3.63, 3.8) is 0 Å². The summed E-state index contributed by atoms with van der Waals surface area (Å²) in [4.78, 5) is 0. The van der Waals surface area contributed by atoms with Crippen LogP contribution in [-0.4, -0.2) is 6.04 Å². The predicted molar refractivity (Wildman–Crippen MR) is 69.6 cm³/mol. The fourth-order valence-corrected chi connectivity index (χ4v) is 2.61. The highest BCUT2D eigenvalue weighted by Crippen LogP contribution is 2.19. The van der Waals surface area contributed by atoms with Gasteiger partial charge in [-0.3, -0.25) is 0 Å². The van der Waals surface area contributed by atoms with E-state index in [2.05, 4.69) is 5.32 Å². The van der Waals surface area contributed by atoms with Gasteiger partial charge >= 0.3 is 0 Å². The molecular formula is C13H19ClN2. The van der Waals surface area contributed by atoms with Gasteiger partial charge in [0.15, 0.2) is 0 Å². The highest BCUT2D eigenvalue weighted by atomic mass is 35.5. The van der Waals surface area contributed by atoms with E-state index in [0.29, 0.717) is 6.04 Å². The van der Waals surface area contributed by atoms with Crippen LogP contribution in [0.4, 0.5) is 5.69 Å². The molecule has 0 heterocycles. The van der Waals surface area contributed by atoms with Crippen LogP contribution in [0.25, 0.3) is 0 Å². The van der Waals surface area contributed by atoms with E-state index >= 15 is 0 Å². The Balaban J connectivity index is 1.88. The van der Waals surface area contributed by atoms with Crippen LogP contribution in [-0.2, 0) is 6.54 Å². The van der Waals surface area contributed by atoms with Crippen molar-refractivity contribution in [1.29, 1.82) is 0 Å². The Labute approximate surface area is 102 Å². The van der Waals surface area contributed by atoms with E-state index in [4.69, 9.17) is 17.3 Å². The smallest absolute Gasteiger partial charge is 0.0429 e. The number of benzene rings is 1. The van der Waals surface area contributed by atoms with Crippen LogP contribution in [0.3, 0.4) is 0 Å². The Morgan fingerprint density at radius 3 is 2.62 bits per heavy atom. The number of hydrogen-bond donors (Lipinski definition) is 2. The van der Waals surface area contributed by atoms with Crippen LogP contribution in [0.2, 0.25) is 5.02 Å². The van der Waals surface area contributed by atoms with Gasteiger partial charge in [-0.05, 0) is 36.6 Å². The van der Waals surface area contributed by atoms with Crippen molar-refractivity contribution >= 4 is 17.3 Å². The Kier molecular flexibility index (Phi) is 4.08. The molecule has 0 bridgehead atoms. The summed E-state index contributed by atoms with van der Waals surface area (Å²) in [5.74, 6) is 0. The van der Waals surface area contributed by atoms with Crippen LogP contribution in [0.1, 0.15) is 37.7 Å². The number of halogens is 1. The Morgan fingerprint density at radius 2 is 1.94 bits per heavy atom. The zero-order valence-corrected chi connectivity index (χ0v) is 10.3. The minimum Gasteiger partial charge on any atom is -0.399 e. The standard InChI is InChI=1S/C13H19ClN2/c14-11-6-10(7-12(15)8-11)9-16-13-4-2-1-3-5-13/h6-8,13,16H,1-5,9,15H2. The Hall–Kier alpha value is -0.730. The molecule has 0 radical (unpaired) electrons. The van der Waals surface area contributed by atoms with Crippen molar-refractivity contribution in [3.8, 4) is 0 Å². The minimum atomic E-state index is 0.675. The van der Waals surface area contributed by atoms with E-state index in [1.165, 1.54) is 37.7 Å². The molecule has 1 aromatic rings. The summed E-state index contributed by atoms with van der Waals surface area (Å²) >= 11 is 5.96. The number of nitrogens with one attached hydrogen (secondary N) is 1. The fraction of sp³-hybridized carbons (Fsp3) is 0.538. The normalized spacial score (nSPS) is 17.6. The lowest BCUT2D eigenvalue weighted by Gasteiger charge is -2.23. The molecule has 0 aliphatic heterocycles. The van der Waals surface area contributed by atoms with Crippen molar-refractivity contribution < 1.29 is 0 Å². The molecule has 0 saturated heterocycles. The van der Waals surface area contributed by atoms with Crippen LogP contribution < -0.4 is 11.1 Å². The topological polar surface area (TPSA) is 38.0 Å². The second kappa shape index (κ2) is 5.55. The van der Waals surface area contributed by atoms with Gasteiger partial charge in [0.05, 0.1) is 0 Å². The average Bonchev–Trinajstić information content (AvgIpc) is 2.27. The molecule has 2 nitrogen and oxygen atoms in total. The highest BCUT2D eigenvalue weighted by Gasteiger charge is 2.12. The van der Waals surface area contributed by atoms with Gasteiger partial charge in [0.2, 0.25) is 0 Å². The molecule has 0 atom stereocenters. The first kappa shape index (κ1) is 11.7. The van der Waals surface area contributed by atoms with Gasteiger partial charge < -0.3 is 11.1 Å². The molecular weight excluding hydrogens is 220 g/mol. The Morgan fingerprint density at radius 1 is 1.19 bits per heavy atom. The summed E-state index contributed by atoms with van der Waals surface area (Å²) in [6.07, 6.45) is 6.71.